The lowest BCUT2D eigenvalue weighted by molar-refractivity contribution is -0.138. The van der Waals surface area contributed by atoms with Crippen LogP contribution in [0.5, 0.6) is 0 Å². The number of hydrogen-bond donors (Lipinski definition) is 1. The smallest absolute Gasteiger partial charge is 0.374 e. The highest BCUT2D eigenvalue weighted by molar-refractivity contribution is 9.10. The largest absolute Gasteiger partial charge is 0.417 e. The molecular weight excluding hydrogens is 343 g/mol. The zero-order valence-electron chi connectivity index (χ0n) is 10.8. The second-order valence-electron chi connectivity index (χ2n) is 4.21. The first-order valence-electron chi connectivity index (χ1n) is 6.11. The SMILES string of the molecule is FC(F)(F)c1cc(NCC#Cc2ccccc2)ccc1Br. The molecule has 0 saturated carbocycles. The molecule has 0 aliphatic rings. The molecule has 0 spiro atoms. The normalized spacial score (nSPS) is 10.7. The van der Waals surface area contributed by atoms with E-state index in [1.165, 1.54) is 6.07 Å². The van der Waals surface area contributed by atoms with Gasteiger partial charge in [-0.15, -0.1) is 0 Å². The predicted octanol–water partition coefficient (Wildman–Crippen LogP) is 4.93. The van der Waals surface area contributed by atoms with Crippen LogP contribution < -0.4 is 5.32 Å². The number of rotatable bonds is 2. The van der Waals surface area contributed by atoms with E-state index < -0.39 is 11.7 Å². The van der Waals surface area contributed by atoms with Crippen LogP contribution in [0, 0.1) is 11.8 Å². The molecule has 2 rings (SSSR count). The van der Waals surface area contributed by atoms with Gasteiger partial charge in [-0.2, -0.15) is 13.2 Å². The fourth-order valence-corrected chi connectivity index (χ4v) is 2.14. The Morgan fingerprint density at radius 2 is 1.76 bits per heavy atom. The Kier molecular flexibility index (Phi) is 4.92. The molecule has 2 aromatic carbocycles. The zero-order valence-corrected chi connectivity index (χ0v) is 12.4. The molecule has 108 valence electrons. The first-order chi connectivity index (χ1) is 9.97. The molecule has 0 unspecified atom stereocenters. The number of alkyl halides is 3. The fourth-order valence-electron chi connectivity index (χ4n) is 1.67. The average molecular weight is 354 g/mol. The minimum Gasteiger partial charge on any atom is -0.374 e. The van der Waals surface area contributed by atoms with Crippen molar-refractivity contribution in [3.63, 3.8) is 0 Å². The quantitative estimate of drug-likeness (QED) is 0.754. The van der Waals surface area contributed by atoms with Gasteiger partial charge in [0.1, 0.15) is 0 Å². The van der Waals surface area contributed by atoms with Gasteiger partial charge in [0.2, 0.25) is 0 Å². The predicted molar refractivity (Wildman–Crippen MR) is 81.0 cm³/mol. The van der Waals surface area contributed by atoms with Crippen molar-refractivity contribution >= 4 is 21.6 Å². The van der Waals surface area contributed by atoms with Crippen molar-refractivity contribution in [2.45, 2.75) is 6.18 Å². The van der Waals surface area contributed by atoms with Crippen LogP contribution in [0.15, 0.2) is 53.0 Å². The number of nitrogens with one attached hydrogen (secondary N) is 1. The molecule has 0 aliphatic carbocycles. The molecule has 0 aromatic heterocycles. The van der Waals surface area contributed by atoms with Gasteiger partial charge in [-0.3, -0.25) is 0 Å². The molecule has 0 fully saturated rings. The standard InChI is InChI=1S/C16H11BrF3N/c17-15-9-8-13(11-14(15)16(18,19)20)21-10-4-7-12-5-2-1-3-6-12/h1-3,5-6,8-9,11,21H,10H2. The summed E-state index contributed by atoms with van der Waals surface area (Å²) in [6.07, 6.45) is -4.38. The molecule has 0 atom stereocenters. The lowest BCUT2D eigenvalue weighted by Crippen LogP contribution is -2.07. The molecule has 0 heterocycles. The summed E-state index contributed by atoms with van der Waals surface area (Å²) < 4.78 is 38.3. The van der Waals surface area contributed by atoms with Crippen LogP contribution in [-0.4, -0.2) is 6.54 Å². The average Bonchev–Trinajstić information content (AvgIpc) is 2.45. The Morgan fingerprint density at radius 3 is 2.43 bits per heavy atom. The van der Waals surface area contributed by atoms with Crippen LogP contribution in [0.4, 0.5) is 18.9 Å². The molecular formula is C16H11BrF3N. The highest BCUT2D eigenvalue weighted by atomic mass is 79.9. The van der Waals surface area contributed by atoms with E-state index in [4.69, 9.17) is 0 Å². The Bertz CT molecular complexity index is 669. The Hall–Kier alpha value is -1.93. The van der Waals surface area contributed by atoms with E-state index in [-0.39, 0.29) is 11.0 Å². The van der Waals surface area contributed by atoms with Crippen LogP contribution in [0.1, 0.15) is 11.1 Å². The highest BCUT2D eigenvalue weighted by Gasteiger charge is 2.33. The van der Waals surface area contributed by atoms with Crippen LogP contribution in [0.25, 0.3) is 0 Å². The summed E-state index contributed by atoms with van der Waals surface area (Å²) in [4.78, 5) is 0. The van der Waals surface area contributed by atoms with Crippen LogP contribution in [-0.2, 0) is 6.18 Å². The maximum Gasteiger partial charge on any atom is 0.417 e. The van der Waals surface area contributed by atoms with E-state index >= 15 is 0 Å². The van der Waals surface area contributed by atoms with Gasteiger partial charge in [-0.05, 0) is 30.3 Å². The van der Waals surface area contributed by atoms with E-state index in [1.807, 2.05) is 30.3 Å². The number of hydrogen-bond acceptors (Lipinski definition) is 1. The lowest BCUT2D eigenvalue weighted by atomic mass is 10.2. The highest BCUT2D eigenvalue weighted by Crippen LogP contribution is 2.36. The summed E-state index contributed by atoms with van der Waals surface area (Å²) in [7, 11) is 0. The number of benzene rings is 2. The van der Waals surface area contributed by atoms with Crippen molar-refractivity contribution in [3.8, 4) is 11.8 Å². The van der Waals surface area contributed by atoms with Gasteiger partial charge in [-0.25, -0.2) is 0 Å². The maximum atomic E-state index is 12.8. The summed E-state index contributed by atoms with van der Waals surface area (Å²) in [6.45, 7) is 0.272. The summed E-state index contributed by atoms with van der Waals surface area (Å²) >= 11 is 2.90. The van der Waals surface area contributed by atoms with Gasteiger partial charge >= 0.3 is 6.18 Å². The Morgan fingerprint density at radius 1 is 1.05 bits per heavy atom. The minimum absolute atomic E-state index is 0.0240. The minimum atomic E-state index is -4.38. The zero-order chi connectivity index (χ0) is 15.3. The molecule has 0 aliphatic heterocycles. The van der Waals surface area contributed by atoms with Crippen molar-refractivity contribution in [2.75, 3.05) is 11.9 Å². The summed E-state index contributed by atoms with van der Waals surface area (Å²) in [6, 6.07) is 13.4. The fraction of sp³-hybridized carbons (Fsp3) is 0.125. The van der Waals surface area contributed by atoms with Gasteiger partial charge in [0.05, 0.1) is 12.1 Å². The molecule has 0 bridgehead atoms. The van der Waals surface area contributed by atoms with Gasteiger partial charge in [0.25, 0.3) is 0 Å². The third kappa shape index (κ3) is 4.54. The molecule has 1 N–H and O–H groups in total. The molecule has 2 aromatic rings. The van der Waals surface area contributed by atoms with Gasteiger partial charge in [0, 0.05) is 15.7 Å². The second-order valence-corrected chi connectivity index (χ2v) is 5.07. The third-order valence-electron chi connectivity index (χ3n) is 2.66. The molecule has 5 heteroatoms. The van der Waals surface area contributed by atoms with Crippen LogP contribution >= 0.6 is 15.9 Å². The molecule has 21 heavy (non-hydrogen) atoms. The van der Waals surface area contributed by atoms with Crippen molar-refractivity contribution in [1.29, 1.82) is 0 Å². The van der Waals surface area contributed by atoms with E-state index in [9.17, 15) is 13.2 Å². The molecule has 0 saturated heterocycles. The van der Waals surface area contributed by atoms with Crippen molar-refractivity contribution in [1.82, 2.24) is 0 Å². The lowest BCUT2D eigenvalue weighted by Gasteiger charge is -2.11. The van der Waals surface area contributed by atoms with E-state index in [2.05, 4.69) is 33.1 Å². The van der Waals surface area contributed by atoms with Gasteiger partial charge in [-0.1, -0.05) is 46.0 Å². The monoisotopic (exact) mass is 353 g/mol. The van der Waals surface area contributed by atoms with E-state index in [1.54, 1.807) is 6.07 Å². The summed E-state index contributed by atoms with van der Waals surface area (Å²) in [5, 5.41) is 2.86. The first kappa shape index (κ1) is 15.5. The molecule has 1 nitrogen and oxygen atoms in total. The Labute approximate surface area is 129 Å². The second kappa shape index (κ2) is 6.68. The van der Waals surface area contributed by atoms with Crippen molar-refractivity contribution in [2.24, 2.45) is 0 Å². The van der Waals surface area contributed by atoms with Gasteiger partial charge in [0.15, 0.2) is 0 Å². The number of anilines is 1. The molecule has 0 amide bonds. The number of halogens is 4. The topological polar surface area (TPSA) is 12.0 Å². The van der Waals surface area contributed by atoms with Crippen LogP contribution in [0.2, 0.25) is 0 Å². The van der Waals surface area contributed by atoms with E-state index in [0.29, 0.717) is 5.69 Å². The maximum absolute atomic E-state index is 12.8. The van der Waals surface area contributed by atoms with E-state index in [0.717, 1.165) is 11.6 Å². The Balaban J connectivity index is 2.03. The summed E-state index contributed by atoms with van der Waals surface area (Å²) in [5.41, 5.74) is 0.544. The van der Waals surface area contributed by atoms with Gasteiger partial charge < -0.3 is 5.32 Å². The molecule has 0 radical (unpaired) electrons. The van der Waals surface area contributed by atoms with Crippen LogP contribution in [0.3, 0.4) is 0 Å². The van der Waals surface area contributed by atoms with Crippen molar-refractivity contribution < 1.29 is 13.2 Å². The van der Waals surface area contributed by atoms with Crippen molar-refractivity contribution in [3.05, 3.63) is 64.1 Å². The summed E-state index contributed by atoms with van der Waals surface area (Å²) in [5.74, 6) is 5.80. The third-order valence-corrected chi connectivity index (χ3v) is 3.35. The first-order valence-corrected chi connectivity index (χ1v) is 6.90.